The van der Waals surface area contributed by atoms with Crippen molar-refractivity contribution in [2.45, 2.75) is 101 Å². The number of nitrogens with zero attached hydrogens (tertiary/aromatic N) is 2. The molecule has 2 aliphatic rings. The quantitative estimate of drug-likeness (QED) is 0.102. The van der Waals surface area contributed by atoms with Gasteiger partial charge in [-0.15, -0.1) is 0 Å². The van der Waals surface area contributed by atoms with Gasteiger partial charge < -0.3 is 45.0 Å². The molecule has 1 heterocycles. The Balaban J connectivity index is 1.18. The molecule has 2 fully saturated rings. The Morgan fingerprint density at radius 1 is 1.02 bits per heavy atom. The van der Waals surface area contributed by atoms with Crippen molar-refractivity contribution in [1.82, 2.24) is 9.88 Å². The fourth-order valence-electron chi connectivity index (χ4n) is 6.20. The van der Waals surface area contributed by atoms with Crippen molar-refractivity contribution in [2.24, 2.45) is 0 Å². The van der Waals surface area contributed by atoms with Gasteiger partial charge in [0.05, 0.1) is 31.5 Å². The number of aliphatic hydroxyl groups excluding tert-OH is 6. The number of rotatable bonds is 20. The predicted octanol–water partition coefficient (Wildman–Crippen LogP) is 3.68. The maximum atomic E-state index is 13.0. The summed E-state index contributed by atoms with van der Waals surface area (Å²) in [7, 11) is 0. The van der Waals surface area contributed by atoms with Gasteiger partial charge >= 0.3 is 0 Å². The maximum Gasteiger partial charge on any atom is 0.222 e. The molecule has 2 aliphatic carbocycles. The van der Waals surface area contributed by atoms with Crippen molar-refractivity contribution in [1.29, 1.82) is 0 Å². The number of halogens is 1. The first-order valence-corrected chi connectivity index (χ1v) is 17.8. The number of benzene rings is 2. The number of amides is 1. The summed E-state index contributed by atoms with van der Waals surface area (Å²) >= 11 is 6.66. The van der Waals surface area contributed by atoms with E-state index in [1.165, 1.54) is 4.90 Å². The van der Waals surface area contributed by atoms with Gasteiger partial charge in [-0.05, 0) is 79.3 Å². The normalized spacial score (nSPS) is 18.2. The zero-order valence-corrected chi connectivity index (χ0v) is 29.2. The number of ether oxygens (including phenoxy) is 2. The summed E-state index contributed by atoms with van der Waals surface area (Å²) < 4.78 is 12.9. The van der Waals surface area contributed by atoms with Crippen LogP contribution in [-0.4, -0.2) is 103 Å². The third kappa shape index (κ3) is 9.59. The molecule has 3 aromatic rings. The molecule has 12 heteroatoms. The summed E-state index contributed by atoms with van der Waals surface area (Å²) in [6.07, 6.45) is 2.39. The Bertz CT molecular complexity index is 1570. The van der Waals surface area contributed by atoms with Crippen LogP contribution in [0.3, 0.4) is 0 Å². The van der Waals surface area contributed by atoms with E-state index in [-0.39, 0.29) is 44.0 Å². The molecular weight excluding hydrogens is 664 g/mol. The molecule has 2 saturated carbocycles. The first-order chi connectivity index (χ1) is 24.1. The van der Waals surface area contributed by atoms with Crippen LogP contribution in [0.2, 0.25) is 5.02 Å². The van der Waals surface area contributed by atoms with E-state index < -0.39 is 36.6 Å². The van der Waals surface area contributed by atoms with Gasteiger partial charge in [0.15, 0.2) is 0 Å². The molecule has 0 spiro atoms. The van der Waals surface area contributed by atoms with Gasteiger partial charge in [0.25, 0.3) is 0 Å². The smallest absolute Gasteiger partial charge is 0.222 e. The van der Waals surface area contributed by atoms with Gasteiger partial charge in [-0.1, -0.05) is 48.9 Å². The molecule has 1 aromatic heterocycles. The monoisotopic (exact) mass is 712 g/mol. The highest BCUT2D eigenvalue weighted by atomic mass is 35.5. The van der Waals surface area contributed by atoms with Crippen LogP contribution < -0.4 is 4.74 Å². The molecule has 0 saturated heterocycles. The van der Waals surface area contributed by atoms with Gasteiger partial charge in [0, 0.05) is 48.1 Å². The summed E-state index contributed by atoms with van der Waals surface area (Å²) in [6.45, 7) is 0.816. The van der Waals surface area contributed by atoms with E-state index in [1.807, 2.05) is 42.6 Å². The maximum absolute atomic E-state index is 13.0. The van der Waals surface area contributed by atoms with E-state index >= 15 is 0 Å². The molecule has 5 atom stereocenters. The Morgan fingerprint density at radius 2 is 1.76 bits per heavy atom. The van der Waals surface area contributed by atoms with Crippen molar-refractivity contribution in [3.8, 4) is 16.9 Å². The lowest BCUT2D eigenvalue weighted by atomic mass is 9.94. The van der Waals surface area contributed by atoms with Crippen molar-refractivity contribution >= 4 is 17.5 Å². The van der Waals surface area contributed by atoms with E-state index in [2.05, 4.69) is 24.0 Å². The number of aromatic nitrogens is 1. The zero-order chi connectivity index (χ0) is 35.8. The van der Waals surface area contributed by atoms with E-state index in [0.717, 1.165) is 59.3 Å². The first kappa shape index (κ1) is 38.1. The highest BCUT2D eigenvalue weighted by molar-refractivity contribution is 6.31. The van der Waals surface area contributed by atoms with Crippen molar-refractivity contribution in [3.05, 3.63) is 82.6 Å². The van der Waals surface area contributed by atoms with E-state index in [9.17, 15) is 30.3 Å². The lowest BCUT2D eigenvalue weighted by molar-refractivity contribution is -0.140. The van der Waals surface area contributed by atoms with Crippen molar-refractivity contribution in [2.75, 3.05) is 26.3 Å². The number of aliphatic hydroxyl groups is 6. The minimum atomic E-state index is -1.80. The molecule has 0 radical (unpaired) electrons. The number of hydrogen-bond donors (Lipinski definition) is 6. The van der Waals surface area contributed by atoms with Gasteiger partial charge in [0.2, 0.25) is 5.91 Å². The molecule has 1 unspecified atom stereocenters. The SMILES string of the molecule is CC(CCCC(=O)N(CCO)C[C@H](O)[C@@H](O)[C@H](O)[C@H](O)CO)c1ccc(Cl)c(COC2(c3cnccc3-c3ccccc3OC3CC3)CC2)c1. The van der Waals surface area contributed by atoms with Crippen LogP contribution in [0.25, 0.3) is 11.1 Å². The van der Waals surface area contributed by atoms with E-state index in [0.29, 0.717) is 24.5 Å². The summed E-state index contributed by atoms with van der Waals surface area (Å²) in [4.78, 5) is 18.6. The fraction of sp³-hybridized carbons (Fsp3) is 0.526. The van der Waals surface area contributed by atoms with Crippen LogP contribution in [-0.2, 0) is 21.7 Å². The second-order valence-corrected chi connectivity index (χ2v) is 13.9. The standard InChI is InChI=1S/C38H49ClN2O9/c1-24(5-4-8-35(46)41(17-18-42)21-32(44)36(47)37(48)33(45)22-43)25-9-12-31(39)26(19-25)23-49-38(14-15-38)30-20-40-16-13-28(30)29-6-2-3-7-34(29)50-27-10-11-27/h2-3,6-7,9,12-13,16,19-20,24,27,32-33,36-37,42-45,47-48H,4-5,8,10-11,14-15,17-18,21-23H2,1H3/t24?,32-,33+,36+,37+/m0/s1. The number of carbonyl (C=O) groups is 1. The van der Waals surface area contributed by atoms with E-state index in [1.54, 1.807) is 6.20 Å². The average Bonchev–Trinajstić information content (AvgIpc) is 4.08. The van der Waals surface area contributed by atoms with E-state index in [4.69, 9.17) is 26.2 Å². The average molecular weight is 713 g/mol. The lowest BCUT2D eigenvalue weighted by Gasteiger charge is -2.30. The Labute approximate surface area is 298 Å². The number of hydrogen-bond acceptors (Lipinski definition) is 10. The molecule has 0 aliphatic heterocycles. The minimum Gasteiger partial charge on any atom is -0.490 e. The molecule has 50 heavy (non-hydrogen) atoms. The summed E-state index contributed by atoms with van der Waals surface area (Å²) in [5.74, 6) is 0.638. The summed E-state index contributed by atoms with van der Waals surface area (Å²) in [6, 6.07) is 16.0. The molecule has 0 bridgehead atoms. The van der Waals surface area contributed by atoms with Gasteiger partial charge in [-0.3, -0.25) is 9.78 Å². The molecule has 5 rings (SSSR count). The predicted molar refractivity (Wildman–Crippen MR) is 188 cm³/mol. The third-order valence-corrected chi connectivity index (χ3v) is 10.0. The molecule has 272 valence electrons. The second kappa shape index (κ2) is 17.4. The van der Waals surface area contributed by atoms with Crippen LogP contribution >= 0.6 is 11.6 Å². The summed E-state index contributed by atoms with van der Waals surface area (Å²) in [5, 5.41) is 59.1. The van der Waals surface area contributed by atoms with Crippen molar-refractivity contribution < 1.29 is 44.9 Å². The van der Waals surface area contributed by atoms with Crippen LogP contribution in [0, 0.1) is 0 Å². The first-order valence-electron chi connectivity index (χ1n) is 17.4. The fourth-order valence-corrected chi connectivity index (χ4v) is 6.37. The molecule has 6 N–H and O–H groups in total. The molecule has 11 nitrogen and oxygen atoms in total. The third-order valence-electron chi connectivity index (χ3n) is 9.64. The van der Waals surface area contributed by atoms with Gasteiger partial charge in [-0.25, -0.2) is 0 Å². The van der Waals surface area contributed by atoms with Crippen LogP contribution in [0.15, 0.2) is 60.9 Å². The topological polar surface area (TPSA) is 173 Å². The second-order valence-electron chi connectivity index (χ2n) is 13.5. The Kier molecular flexibility index (Phi) is 13.3. The zero-order valence-electron chi connectivity index (χ0n) is 28.4. The van der Waals surface area contributed by atoms with Crippen LogP contribution in [0.4, 0.5) is 0 Å². The number of pyridine rings is 1. The van der Waals surface area contributed by atoms with Crippen molar-refractivity contribution in [3.63, 3.8) is 0 Å². The molecular formula is C38H49ClN2O9. The minimum absolute atomic E-state index is 0.0693. The number of para-hydroxylation sites is 1. The highest BCUT2D eigenvalue weighted by Gasteiger charge is 2.48. The lowest BCUT2D eigenvalue weighted by Crippen LogP contribution is -2.51. The largest absolute Gasteiger partial charge is 0.490 e. The highest BCUT2D eigenvalue weighted by Crippen LogP contribution is 2.53. The van der Waals surface area contributed by atoms with Crippen LogP contribution in [0.1, 0.15) is 74.5 Å². The Morgan fingerprint density at radius 3 is 2.46 bits per heavy atom. The molecule has 2 aromatic carbocycles. The van der Waals surface area contributed by atoms with Gasteiger partial charge in [-0.2, -0.15) is 0 Å². The van der Waals surface area contributed by atoms with Gasteiger partial charge in [0.1, 0.15) is 30.2 Å². The Hall–Kier alpha value is -3.13. The molecule has 1 amide bonds. The van der Waals surface area contributed by atoms with Crippen LogP contribution in [0.5, 0.6) is 5.75 Å². The number of carbonyl (C=O) groups excluding carboxylic acids is 1. The summed E-state index contributed by atoms with van der Waals surface area (Å²) in [5.41, 5.74) is 4.58.